The van der Waals surface area contributed by atoms with Gasteiger partial charge in [0.25, 0.3) is 0 Å². The highest BCUT2D eigenvalue weighted by Gasteiger charge is 2.40. The highest BCUT2D eigenvalue weighted by Crippen LogP contribution is 2.34. The monoisotopic (exact) mass is 398 g/mol. The number of nitrogens with one attached hydrogen (secondary N) is 1. The molecule has 1 unspecified atom stereocenters. The van der Waals surface area contributed by atoms with Crippen molar-refractivity contribution in [1.29, 1.82) is 0 Å². The summed E-state index contributed by atoms with van der Waals surface area (Å²) < 4.78 is 0. The highest BCUT2D eigenvalue weighted by molar-refractivity contribution is 5.90. The predicted molar refractivity (Wildman–Crippen MR) is 119 cm³/mol. The Morgan fingerprint density at radius 2 is 1.72 bits per heavy atom. The van der Waals surface area contributed by atoms with Crippen molar-refractivity contribution in [3.63, 3.8) is 0 Å². The molecular weight excluding hydrogens is 360 g/mol. The summed E-state index contributed by atoms with van der Waals surface area (Å²) in [4.78, 5) is 15.6. The first-order valence-electron chi connectivity index (χ1n) is 11.7. The maximum atomic E-state index is 13.5. The van der Waals surface area contributed by atoms with Gasteiger partial charge in [0.1, 0.15) is 0 Å². The van der Waals surface area contributed by atoms with Crippen molar-refractivity contribution in [3.8, 4) is 0 Å². The number of amides is 2. The summed E-state index contributed by atoms with van der Waals surface area (Å²) in [6.07, 6.45) is 13.5. The fraction of sp³-hybridized carbons (Fsp3) is 0.708. The number of rotatable bonds is 8. The largest absolute Gasteiger partial charge is 0.324 e. The van der Waals surface area contributed by atoms with Gasteiger partial charge in [0, 0.05) is 11.7 Å². The van der Waals surface area contributed by atoms with Gasteiger partial charge in [-0.05, 0) is 57.6 Å². The van der Waals surface area contributed by atoms with E-state index in [1.165, 1.54) is 32.1 Å². The molecule has 1 N–H and O–H groups in total. The van der Waals surface area contributed by atoms with E-state index in [0.717, 1.165) is 50.6 Å². The fourth-order valence-electron chi connectivity index (χ4n) is 4.78. The molecule has 2 aliphatic rings. The van der Waals surface area contributed by atoms with Gasteiger partial charge >= 0.3 is 6.03 Å². The zero-order valence-electron chi connectivity index (χ0n) is 18.3. The lowest BCUT2D eigenvalue weighted by atomic mass is 9.91. The van der Waals surface area contributed by atoms with Crippen LogP contribution in [0.1, 0.15) is 90.9 Å². The first-order valence-corrected chi connectivity index (χ1v) is 11.7. The van der Waals surface area contributed by atoms with Crippen LogP contribution in [0.3, 0.4) is 0 Å². The van der Waals surface area contributed by atoms with Crippen LogP contribution in [0, 0.1) is 0 Å². The zero-order chi connectivity index (χ0) is 20.5. The van der Waals surface area contributed by atoms with E-state index in [1.54, 1.807) is 0 Å². The summed E-state index contributed by atoms with van der Waals surface area (Å²) in [6, 6.07) is 10.3. The maximum Gasteiger partial charge on any atom is 0.324 e. The minimum absolute atomic E-state index is 0.0351. The molecule has 2 amide bonds. The molecule has 0 saturated heterocycles. The molecule has 5 heteroatoms. The summed E-state index contributed by atoms with van der Waals surface area (Å²) in [5.41, 5.74) is 0.253. The van der Waals surface area contributed by atoms with Gasteiger partial charge in [0.2, 0.25) is 0 Å². The molecule has 0 radical (unpaired) electrons. The number of urea groups is 1. The first kappa shape index (κ1) is 21.8. The van der Waals surface area contributed by atoms with Crippen molar-refractivity contribution in [2.24, 2.45) is 10.2 Å². The Hall–Kier alpha value is -1.91. The standard InChI is InChI=1S/C24H38N4O/c1-3-4-19-24(2,27-26-21-15-11-12-16-21)28(22-17-9-6-10-18-22)23(29)25-20-13-7-5-8-14-20/h5,7-8,13-14,21-22H,3-4,6,9-12,15-19H2,1-2H3,(H,25,29). The van der Waals surface area contributed by atoms with Gasteiger partial charge in [-0.3, -0.25) is 4.90 Å². The summed E-state index contributed by atoms with van der Waals surface area (Å²) in [5, 5.41) is 12.8. The number of para-hydroxylation sites is 1. The van der Waals surface area contributed by atoms with E-state index >= 15 is 0 Å². The van der Waals surface area contributed by atoms with E-state index < -0.39 is 5.66 Å². The van der Waals surface area contributed by atoms with Crippen LogP contribution in [0.5, 0.6) is 0 Å². The number of azo groups is 1. The van der Waals surface area contributed by atoms with Crippen molar-refractivity contribution in [2.45, 2.75) is 109 Å². The van der Waals surface area contributed by atoms with Gasteiger partial charge in [-0.2, -0.15) is 10.2 Å². The highest BCUT2D eigenvalue weighted by atomic mass is 16.2. The third-order valence-electron chi connectivity index (χ3n) is 6.47. The lowest BCUT2D eigenvalue weighted by molar-refractivity contribution is 0.0691. The summed E-state index contributed by atoms with van der Waals surface area (Å²) in [6.45, 7) is 4.32. The average molecular weight is 399 g/mol. The van der Waals surface area contributed by atoms with Gasteiger partial charge < -0.3 is 5.32 Å². The second-order valence-corrected chi connectivity index (χ2v) is 8.93. The summed E-state index contributed by atoms with van der Waals surface area (Å²) >= 11 is 0. The molecule has 29 heavy (non-hydrogen) atoms. The van der Waals surface area contributed by atoms with Crippen LogP contribution < -0.4 is 5.32 Å². The molecule has 0 heterocycles. The quantitative estimate of drug-likeness (QED) is 0.464. The number of nitrogens with zero attached hydrogens (tertiary/aromatic N) is 3. The topological polar surface area (TPSA) is 57.1 Å². The van der Waals surface area contributed by atoms with Crippen LogP contribution in [0.2, 0.25) is 0 Å². The number of hydrogen-bond donors (Lipinski definition) is 1. The number of anilines is 1. The Bertz CT molecular complexity index is 650. The minimum atomic E-state index is -0.584. The van der Waals surface area contributed by atoms with Crippen LogP contribution in [-0.4, -0.2) is 28.7 Å². The second-order valence-electron chi connectivity index (χ2n) is 8.93. The van der Waals surface area contributed by atoms with Crippen molar-refractivity contribution in [3.05, 3.63) is 30.3 Å². The molecule has 2 saturated carbocycles. The lowest BCUT2D eigenvalue weighted by Crippen LogP contribution is -2.56. The van der Waals surface area contributed by atoms with E-state index in [2.05, 4.69) is 19.2 Å². The Morgan fingerprint density at radius 3 is 2.38 bits per heavy atom. The van der Waals surface area contributed by atoms with E-state index in [1.807, 2.05) is 35.2 Å². The first-order chi connectivity index (χ1) is 14.1. The van der Waals surface area contributed by atoms with Gasteiger partial charge in [0.15, 0.2) is 5.66 Å². The van der Waals surface area contributed by atoms with E-state index in [0.29, 0.717) is 6.04 Å². The van der Waals surface area contributed by atoms with E-state index in [9.17, 15) is 4.79 Å². The summed E-state index contributed by atoms with van der Waals surface area (Å²) in [5.74, 6) is 0. The van der Waals surface area contributed by atoms with Crippen molar-refractivity contribution in [1.82, 2.24) is 4.90 Å². The molecule has 2 aliphatic carbocycles. The Labute approximate surface area is 176 Å². The van der Waals surface area contributed by atoms with Crippen LogP contribution in [-0.2, 0) is 0 Å². The Balaban J connectivity index is 1.86. The molecule has 1 atom stereocenters. The number of unbranched alkanes of at least 4 members (excludes halogenated alkanes) is 1. The average Bonchev–Trinajstić information content (AvgIpc) is 3.26. The van der Waals surface area contributed by atoms with Crippen LogP contribution in [0.25, 0.3) is 0 Å². The van der Waals surface area contributed by atoms with Crippen molar-refractivity contribution < 1.29 is 4.79 Å². The van der Waals surface area contributed by atoms with Gasteiger partial charge in [-0.25, -0.2) is 4.79 Å². The molecule has 1 aromatic rings. The summed E-state index contributed by atoms with van der Waals surface area (Å²) in [7, 11) is 0. The van der Waals surface area contributed by atoms with Crippen LogP contribution in [0.15, 0.2) is 40.6 Å². The second kappa shape index (κ2) is 10.7. The SMILES string of the molecule is CCCCC(C)(N=NC1CCCC1)N(C(=O)Nc1ccccc1)C1CCCCC1. The van der Waals surface area contributed by atoms with Gasteiger partial charge in [-0.1, -0.05) is 63.6 Å². The van der Waals surface area contributed by atoms with Crippen molar-refractivity contribution in [2.75, 3.05) is 5.32 Å². The Kier molecular flexibility index (Phi) is 8.08. The number of carbonyl (C=O) groups is 1. The third kappa shape index (κ3) is 6.03. The Morgan fingerprint density at radius 1 is 1.07 bits per heavy atom. The molecule has 0 aliphatic heterocycles. The van der Waals surface area contributed by atoms with E-state index in [-0.39, 0.29) is 12.1 Å². The molecule has 5 nitrogen and oxygen atoms in total. The molecule has 3 rings (SSSR count). The number of carbonyl (C=O) groups excluding carboxylic acids is 1. The molecule has 2 fully saturated rings. The van der Waals surface area contributed by atoms with Crippen LogP contribution in [0.4, 0.5) is 10.5 Å². The molecular formula is C24H38N4O. The molecule has 0 bridgehead atoms. The predicted octanol–water partition coefficient (Wildman–Crippen LogP) is 7.15. The molecule has 0 spiro atoms. The van der Waals surface area contributed by atoms with Gasteiger partial charge in [0.05, 0.1) is 6.04 Å². The minimum Gasteiger partial charge on any atom is -0.308 e. The molecule has 0 aromatic heterocycles. The van der Waals surface area contributed by atoms with E-state index in [4.69, 9.17) is 10.2 Å². The fourth-order valence-corrected chi connectivity index (χ4v) is 4.78. The van der Waals surface area contributed by atoms with Crippen LogP contribution >= 0.6 is 0 Å². The number of benzene rings is 1. The molecule has 160 valence electrons. The smallest absolute Gasteiger partial charge is 0.308 e. The molecule has 1 aromatic carbocycles. The van der Waals surface area contributed by atoms with Gasteiger partial charge in [-0.15, -0.1) is 0 Å². The normalized spacial score (nSPS) is 20.6. The zero-order valence-corrected chi connectivity index (χ0v) is 18.3. The third-order valence-corrected chi connectivity index (χ3v) is 6.47. The van der Waals surface area contributed by atoms with Crippen molar-refractivity contribution >= 4 is 11.7 Å². The maximum absolute atomic E-state index is 13.5. The number of hydrogen-bond acceptors (Lipinski definition) is 3. The lowest BCUT2D eigenvalue weighted by Gasteiger charge is -2.44.